The first kappa shape index (κ1) is 20.5. The molecule has 1 aromatic heterocycles. The van der Waals surface area contributed by atoms with E-state index in [1.165, 1.54) is 0 Å². The largest absolute Gasteiger partial charge is 0.353 e. The van der Waals surface area contributed by atoms with Crippen LogP contribution in [0.3, 0.4) is 0 Å². The number of amides is 1. The molecule has 0 atom stereocenters. The minimum atomic E-state index is 0.0160. The maximum absolute atomic E-state index is 13.0. The summed E-state index contributed by atoms with van der Waals surface area (Å²) >= 11 is 6.09. The summed E-state index contributed by atoms with van der Waals surface area (Å²) in [5.41, 5.74) is 4.29. The monoisotopic (exact) mass is 442 g/mol. The lowest BCUT2D eigenvalue weighted by Crippen LogP contribution is -2.35. The Morgan fingerprint density at radius 2 is 1.53 bits per heavy atom. The maximum Gasteiger partial charge on any atom is 0.253 e. The number of benzene rings is 3. The van der Waals surface area contributed by atoms with Gasteiger partial charge in [-0.1, -0.05) is 60.1 Å². The number of carbonyl (C=O) groups is 1. The quantitative estimate of drug-likeness (QED) is 0.432. The van der Waals surface area contributed by atoms with Crippen LogP contribution in [0.1, 0.15) is 16.8 Å². The summed E-state index contributed by atoms with van der Waals surface area (Å²) in [7, 11) is 0. The van der Waals surface area contributed by atoms with Gasteiger partial charge in [-0.2, -0.15) is 0 Å². The predicted molar refractivity (Wildman–Crippen MR) is 129 cm³/mol. The third-order valence-corrected chi connectivity index (χ3v) is 5.99. The van der Waals surface area contributed by atoms with Crippen LogP contribution in [-0.2, 0) is 0 Å². The molecule has 0 N–H and O–H groups in total. The standard InChI is InChI=1S/C26H23ClN4O/c27-21-11-6-10-20(18-21)26(32)31-15-7-14-30(16-17-31)25-24(19-8-2-1-3-9-19)28-22-12-4-5-13-23(22)29-25/h1-6,8-13,18H,7,14-17H2. The highest BCUT2D eigenvalue weighted by molar-refractivity contribution is 6.30. The van der Waals surface area contributed by atoms with Crippen LogP contribution in [-0.4, -0.2) is 47.0 Å². The average Bonchev–Trinajstić information content (AvgIpc) is 3.09. The Balaban J connectivity index is 1.46. The van der Waals surface area contributed by atoms with E-state index in [0.29, 0.717) is 30.2 Å². The summed E-state index contributed by atoms with van der Waals surface area (Å²) in [6, 6.07) is 25.3. The molecule has 1 aliphatic rings. The smallest absolute Gasteiger partial charge is 0.253 e. The Morgan fingerprint density at radius 1 is 0.781 bits per heavy atom. The fraction of sp³-hybridized carbons (Fsp3) is 0.192. The molecule has 5 rings (SSSR count). The van der Waals surface area contributed by atoms with Crippen molar-refractivity contribution in [3.63, 3.8) is 0 Å². The third-order valence-electron chi connectivity index (χ3n) is 5.75. The minimum Gasteiger partial charge on any atom is -0.353 e. The van der Waals surface area contributed by atoms with Gasteiger partial charge < -0.3 is 9.80 Å². The molecule has 1 saturated heterocycles. The zero-order valence-corrected chi connectivity index (χ0v) is 18.4. The van der Waals surface area contributed by atoms with E-state index in [2.05, 4.69) is 17.0 Å². The zero-order chi connectivity index (χ0) is 21.9. The first-order valence-electron chi connectivity index (χ1n) is 10.8. The van der Waals surface area contributed by atoms with Crippen LogP contribution < -0.4 is 4.90 Å². The van der Waals surface area contributed by atoms with E-state index in [4.69, 9.17) is 21.6 Å². The Kier molecular flexibility index (Phi) is 5.73. The van der Waals surface area contributed by atoms with E-state index < -0.39 is 0 Å². The molecule has 0 aliphatic carbocycles. The van der Waals surface area contributed by atoms with Crippen molar-refractivity contribution in [1.82, 2.24) is 14.9 Å². The van der Waals surface area contributed by atoms with Crippen molar-refractivity contribution < 1.29 is 4.79 Å². The molecule has 0 bridgehead atoms. The average molecular weight is 443 g/mol. The highest BCUT2D eigenvalue weighted by atomic mass is 35.5. The number of rotatable bonds is 3. The molecule has 5 nitrogen and oxygen atoms in total. The molecule has 3 aromatic carbocycles. The lowest BCUT2D eigenvalue weighted by Gasteiger charge is -2.25. The van der Waals surface area contributed by atoms with Crippen molar-refractivity contribution in [2.45, 2.75) is 6.42 Å². The van der Waals surface area contributed by atoms with Gasteiger partial charge in [-0.05, 0) is 36.8 Å². The van der Waals surface area contributed by atoms with Gasteiger partial charge in [0, 0.05) is 42.3 Å². The van der Waals surface area contributed by atoms with Crippen molar-refractivity contribution in [1.29, 1.82) is 0 Å². The number of carbonyl (C=O) groups excluding carboxylic acids is 1. The van der Waals surface area contributed by atoms with Gasteiger partial charge in [0.2, 0.25) is 0 Å². The lowest BCUT2D eigenvalue weighted by molar-refractivity contribution is 0.0767. The minimum absolute atomic E-state index is 0.0160. The number of anilines is 1. The summed E-state index contributed by atoms with van der Waals surface area (Å²) in [5.74, 6) is 0.884. The molecule has 0 unspecified atom stereocenters. The van der Waals surface area contributed by atoms with Crippen molar-refractivity contribution in [2.75, 3.05) is 31.1 Å². The van der Waals surface area contributed by atoms with Crippen molar-refractivity contribution in [2.24, 2.45) is 0 Å². The van der Waals surface area contributed by atoms with Gasteiger partial charge in [0.05, 0.1) is 11.0 Å². The molecule has 1 fully saturated rings. The molecule has 0 radical (unpaired) electrons. The highest BCUT2D eigenvalue weighted by Crippen LogP contribution is 2.30. The molecule has 160 valence electrons. The van der Waals surface area contributed by atoms with Gasteiger partial charge >= 0.3 is 0 Å². The molecule has 0 saturated carbocycles. The van der Waals surface area contributed by atoms with Crippen molar-refractivity contribution in [3.05, 3.63) is 89.4 Å². The van der Waals surface area contributed by atoms with E-state index in [1.807, 2.05) is 59.5 Å². The van der Waals surface area contributed by atoms with Gasteiger partial charge in [0.1, 0.15) is 5.69 Å². The Bertz CT molecular complexity index is 1260. The Morgan fingerprint density at radius 3 is 2.31 bits per heavy atom. The van der Waals surface area contributed by atoms with Crippen LogP contribution in [0.25, 0.3) is 22.3 Å². The number of nitrogens with zero attached hydrogens (tertiary/aromatic N) is 4. The summed E-state index contributed by atoms with van der Waals surface area (Å²) in [6.07, 6.45) is 0.856. The lowest BCUT2D eigenvalue weighted by atomic mass is 10.1. The number of hydrogen-bond acceptors (Lipinski definition) is 4. The molecular weight excluding hydrogens is 420 g/mol. The molecular formula is C26H23ClN4O. The number of hydrogen-bond donors (Lipinski definition) is 0. The van der Waals surface area contributed by atoms with Crippen molar-refractivity contribution in [3.8, 4) is 11.3 Å². The normalized spacial score (nSPS) is 14.4. The van der Waals surface area contributed by atoms with Gasteiger partial charge in [-0.15, -0.1) is 0 Å². The second-order valence-electron chi connectivity index (χ2n) is 7.89. The maximum atomic E-state index is 13.0. The van der Waals surface area contributed by atoms with Crippen LogP contribution in [0.5, 0.6) is 0 Å². The first-order valence-corrected chi connectivity index (χ1v) is 11.2. The van der Waals surface area contributed by atoms with Gasteiger partial charge in [0.15, 0.2) is 5.82 Å². The van der Waals surface area contributed by atoms with Crippen LogP contribution >= 0.6 is 11.6 Å². The Labute approximate surface area is 192 Å². The molecule has 32 heavy (non-hydrogen) atoms. The number of halogens is 1. The zero-order valence-electron chi connectivity index (χ0n) is 17.6. The molecule has 1 amide bonds. The van der Waals surface area contributed by atoms with Crippen LogP contribution in [0, 0.1) is 0 Å². The Hall–Kier alpha value is -3.44. The second kappa shape index (κ2) is 8.97. The van der Waals surface area contributed by atoms with Gasteiger partial charge in [-0.3, -0.25) is 4.79 Å². The summed E-state index contributed by atoms with van der Waals surface area (Å²) in [6.45, 7) is 2.82. The molecule has 2 heterocycles. The fourth-order valence-electron chi connectivity index (χ4n) is 4.14. The van der Waals surface area contributed by atoms with Crippen molar-refractivity contribution >= 4 is 34.4 Å². The number of aromatic nitrogens is 2. The van der Waals surface area contributed by atoms with Gasteiger partial charge in [0.25, 0.3) is 5.91 Å². The fourth-order valence-corrected chi connectivity index (χ4v) is 4.33. The molecule has 1 aliphatic heterocycles. The topological polar surface area (TPSA) is 49.3 Å². The SMILES string of the molecule is O=C(c1cccc(Cl)c1)N1CCCN(c2nc3ccccc3nc2-c2ccccc2)CC1. The highest BCUT2D eigenvalue weighted by Gasteiger charge is 2.24. The van der Waals surface area contributed by atoms with Crippen LogP contribution in [0.4, 0.5) is 5.82 Å². The second-order valence-corrected chi connectivity index (χ2v) is 8.33. The number of fused-ring (bicyclic) bond motifs is 1. The van der Waals surface area contributed by atoms with Gasteiger partial charge in [-0.25, -0.2) is 9.97 Å². The van der Waals surface area contributed by atoms with E-state index in [-0.39, 0.29) is 5.91 Å². The van der Waals surface area contributed by atoms with Crippen LogP contribution in [0.2, 0.25) is 5.02 Å². The summed E-state index contributed by atoms with van der Waals surface area (Å²) in [5, 5.41) is 0.575. The number of para-hydroxylation sites is 2. The van der Waals surface area contributed by atoms with E-state index in [9.17, 15) is 4.79 Å². The summed E-state index contributed by atoms with van der Waals surface area (Å²) in [4.78, 5) is 27.2. The van der Waals surface area contributed by atoms with E-state index >= 15 is 0 Å². The summed E-state index contributed by atoms with van der Waals surface area (Å²) < 4.78 is 0. The molecule has 0 spiro atoms. The van der Waals surface area contributed by atoms with E-state index in [1.54, 1.807) is 12.1 Å². The van der Waals surface area contributed by atoms with E-state index in [0.717, 1.165) is 41.1 Å². The third kappa shape index (κ3) is 4.16. The molecule has 4 aromatic rings. The first-order chi connectivity index (χ1) is 15.7. The molecule has 6 heteroatoms. The predicted octanol–water partition coefficient (Wildman–Crippen LogP) is 5.30. The van der Waals surface area contributed by atoms with Crippen LogP contribution in [0.15, 0.2) is 78.9 Å².